The van der Waals surface area contributed by atoms with E-state index in [0.29, 0.717) is 39.9 Å². The van der Waals surface area contributed by atoms with E-state index in [4.69, 9.17) is 0 Å². The van der Waals surface area contributed by atoms with E-state index in [1.54, 1.807) is 0 Å². The molecule has 1 heteroatoms. The van der Waals surface area contributed by atoms with Crippen LogP contribution >= 0.6 is 0 Å². The molecule has 0 aromatic rings. The summed E-state index contributed by atoms with van der Waals surface area (Å²) in [6.07, 6.45) is 34.5. The molecule has 5 rings (SSSR count). The molecule has 46 heavy (non-hydrogen) atoms. The van der Waals surface area contributed by atoms with Gasteiger partial charge in [0.05, 0.1) is 0 Å². The third kappa shape index (κ3) is 6.08. The van der Waals surface area contributed by atoms with Gasteiger partial charge in [-0.05, 0) is 116 Å². The van der Waals surface area contributed by atoms with Crippen molar-refractivity contribution >= 4 is 0 Å². The topological polar surface area (TPSA) is 3.24 Å². The maximum absolute atomic E-state index is 3.29. The highest BCUT2D eigenvalue weighted by molar-refractivity contribution is 5.28. The third-order valence-electron chi connectivity index (χ3n) is 16.8. The second-order valence-electron chi connectivity index (χ2n) is 20.0. The first-order valence-corrected chi connectivity index (χ1v) is 20.8. The summed E-state index contributed by atoms with van der Waals surface area (Å²) in [5.41, 5.74) is 1.40. The van der Waals surface area contributed by atoms with E-state index in [1.165, 1.54) is 109 Å². The molecule has 9 unspecified atom stereocenters. The Balaban J connectivity index is 1.74. The molecule has 0 radical (unpaired) electrons. The highest BCUT2D eigenvalue weighted by Gasteiger charge is 2.69. The number of nitrogens with zero attached hydrogens (tertiary/aromatic N) is 1. The molecule has 0 amide bonds. The molecule has 4 fully saturated rings. The standard InChI is InChI=1S/C45H79N/c1-33-34(2)36(4)45(37(5)35(33)3,42(9)27-21-15-12-13-16-22-28-42)46(11)43(10)29-23-17-14-18-24-30-44(43)32-38(31-41(6,7)8)39-25-19-20-26-40(39)44/h19-20,25-26,33-40H,12-18,21-24,27-32H2,1-11H3. The van der Waals surface area contributed by atoms with E-state index in [1.807, 2.05) is 0 Å². The minimum atomic E-state index is 0.173. The largest absolute Gasteiger partial charge is 0.294 e. The van der Waals surface area contributed by atoms with E-state index in [9.17, 15) is 0 Å². The Kier molecular flexibility index (Phi) is 11.2. The molecule has 0 bridgehead atoms. The second kappa shape index (κ2) is 14.0. The summed E-state index contributed by atoms with van der Waals surface area (Å²) in [5.74, 6) is 5.82. The van der Waals surface area contributed by atoms with Gasteiger partial charge in [0.2, 0.25) is 0 Å². The van der Waals surface area contributed by atoms with Crippen LogP contribution < -0.4 is 0 Å². The van der Waals surface area contributed by atoms with Crippen molar-refractivity contribution in [3.63, 3.8) is 0 Å². The van der Waals surface area contributed by atoms with E-state index < -0.39 is 0 Å². The van der Waals surface area contributed by atoms with E-state index >= 15 is 0 Å². The van der Waals surface area contributed by atoms with E-state index in [2.05, 4.69) is 105 Å². The molecule has 0 aliphatic heterocycles. The lowest BCUT2D eigenvalue weighted by Gasteiger charge is -2.72. The van der Waals surface area contributed by atoms with Crippen molar-refractivity contribution in [1.29, 1.82) is 0 Å². The number of hydrogen-bond acceptors (Lipinski definition) is 1. The maximum Gasteiger partial charge on any atom is 0.0321 e. The lowest BCUT2D eigenvalue weighted by Crippen LogP contribution is -2.77. The van der Waals surface area contributed by atoms with Crippen LogP contribution in [0.1, 0.15) is 178 Å². The zero-order valence-electron chi connectivity index (χ0n) is 32.9. The Labute approximate surface area is 288 Å². The van der Waals surface area contributed by atoms with Crippen LogP contribution in [-0.4, -0.2) is 23.0 Å². The van der Waals surface area contributed by atoms with Gasteiger partial charge in [-0.1, -0.05) is 157 Å². The van der Waals surface area contributed by atoms with Crippen LogP contribution in [0.4, 0.5) is 0 Å². The molecular weight excluding hydrogens is 555 g/mol. The van der Waals surface area contributed by atoms with Gasteiger partial charge in [-0.15, -0.1) is 0 Å². The van der Waals surface area contributed by atoms with Gasteiger partial charge in [0.15, 0.2) is 0 Å². The zero-order valence-corrected chi connectivity index (χ0v) is 32.9. The Morgan fingerprint density at radius 1 is 0.630 bits per heavy atom. The van der Waals surface area contributed by atoms with Gasteiger partial charge in [-0.2, -0.15) is 0 Å². The fraction of sp³-hybridized carbons (Fsp3) is 0.911. The molecule has 1 nitrogen and oxygen atoms in total. The number of rotatable bonds is 4. The first-order valence-electron chi connectivity index (χ1n) is 20.8. The molecular formula is C45H79N. The summed E-state index contributed by atoms with van der Waals surface area (Å²) >= 11 is 0. The SMILES string of the molecule is CC1C(C)C(C)C(N(C)C2(C)CCCCCCCC23CC(CC(C)(C)C)C2C=CC=CC23)(C2(C)CCCCCCCC2)C(C)C1C. The van der Waals surface area contributed by atoms with Crippen molar-refractivity contribution < 1.29 is 0 Å². The van der Waals surface area contributed by atoms with Crippen LogP contribution in [-0.2, 0) is 0 Å². The molecule has 5 aliphatic carbocycles. The lowest BCUT2D eigenvalue weighted by atomic mass is 9.44. The van der Waals surface area contributed by atoms with Gasteiger partial charge < -0.3 is 0 Å². The van der Waals surface area contributed by atoms with Crippen molar-refractivity contribution in [2.24, 2.45) is 63.6 Å². The van der Waals surface area contributed by atoms with Crippen LogP contribution in [0.25, 0.3) is 0 Å². The van der Waals surface area contributed by atoms with Crippen molar-refractivity contribution in [2.75, 3.05) is 7.05 Å². The molecule has 0 aromatic heterocycles. The third-order valence-corrected chi connectivity index (χ3v) is 16.8. The monoisotopic (exact) mass is 634 g/mol. The van der Waals surface area contributed by atoms with Crippen molar-refractivity contribution in [3.05, 3.63) is 24.3 Å². The second-order valence-corrected chi connectivity index (χ2v) is 20.0. The zero-order chi connectivity index (χ0) is 33.5. The van der Waals surface area contributed by atoms with Crippen LogP contribution in [0.3, 0.4) is 0 Å². The molecule has 0 saturated heterocycles. The number of hydrogen-bond donors (Lipinski definition) is 0. The van der Waals surface area contributed by atoms with Crippen LogP contribution in [0.2, 0.25) is 0 Å². The summed E-state index contributed by atoms with van der Waals surface area (Å²) in [6.45, 7) is 26.7. The summed E-state index contributed by atoms with van der Waals surface area (Å²) < 4.78 is 0. The van der Waals surface area contributed by atoms with Crippen LogP contribution in [0.5, 0.6) is 0 Å². The molecule has 0 N–H and O–H groups in total. The van der Waals surface area contributed by atoms with Crippen LogP contribution in [0, 0.1) is 63.6 Å². The van der Waals surface area contributed by atoms with Crippen molar-refractivity contribution in [1.82, 2.24) is 4.90 Å². The molecule has 264 valence electrons. The fourth-order valence-electron chi connectivity index (χ4n) is 14.1. The van der Waals surface area contributed by atoms with Crippen molar-refractivity contribution in [2.45, 2.75) is 189 Å². The van der Waals surface area contributed by atoms with Crippen molar-refractivity contribution in [3.8, 4) is 0 Å². The van der Waals surface area contributed by atoms with Gasteiger partial charge >= 0.3 is 0 Å². The van der Waals surface area contributed by atoms with Gasteiger partial charge in [-0.3, -0.25) is 4.90 Å². The normalized spacial score (nSPS) is 45.7. The average molecular weight is 634 g/mol. The highest BCUT2D eigenvalue weighted by Crippen LogP contribution is 2.69. The Morgan fingerprint density at radius 2 is 1.11 bits per heavy atom. The molecule has 0 heterocycles. The Bertz CT molecular complexity index is 1030. The van der Waals surface area contributed by atoms with E-state index in [-0.39, 0.29) is 11.1 Å². The number of allylic oxidation sites excluding steroid dienone is 4. The number of fused-ring (bicyclic) bond motifs is 2. The highest BCUT2D eigenvalue weighted by atomic mass is 15.3. The van der Waals surface area contributed by atoms with Gasteiger partial charge in [-0.25, -0.2) is 0 Å². The average Bonchev–Trinajstić information content (AvgIpc) is 3.40. The summed E-state index contributed by atoms with van der Waals surface area (Å²) in [5, 5.41) is 0. The minimum Gasteiger partial charge on any atom is -0.294 e. The van der Waals surface area contributed by atoms with Gasteiger partial charge in [0.1, 0.15) is 0 Å². The summed E-state index contributed by atoms with van der Waals surface area (Å²) in [7, 11) is 2.74. The Morgan fingerprint density at radius 3 is 1.65 bits per heavy atom. The van der Waals surface area contributed by atoms with E-state index in [0.717, 1.165) is 23.7 Å². The first kappa shape index (κ1) is 36.7. The molecule has 5 aliphatic rings. The predicted molar refractivity (Wildman–Crippen MR) is 202 cm³/mol. The Hall–Kier alpha value is -0.560. The maximum atomic E-state index is 3.29. The molecule has 0 aromatic carbocycles. The fourth-order valence-corrected chi connectivity index (χ4v) is 14.1. The smallest absolute Gasteiger partial charge is 0.0321 e. The lowest BCUT2D eigenvalue weighted by molar-refractivity contribution is -0.222. The molecule has 4 saturated carbocycles. The summed E-state index contributed by atoms with van der Waals surface area (Å²) in [4.78, 5) is 3.29. The molecule has 1 spiro atoms. The first-order chi connectivity index (χ1) is 21.7. The summed E-state index contributed by atoms with van der Waals surface area (Å²) in [6, 6.07) is 0. The predicted octanol–water partition coefficient (Wildman–Crippen LogP) is 13.3. The quantitative estimate of drug-likeness (QED) is 0.298. The van der Waals surface area contributed by atoms with Gasteiger partial charge in [0.25, 0.3) is 0 Å². The van der Waals surface area contributed by atoms with Crippen LogP contribution in [0.15, 0.2) is 24.3 Å². The molecule has 9 atom stereocenters. The minimum absolute atomic E-state index is 0.173. The van der Waals surface area contributed by atoms with Gasteiger partial charge in [0, 0.05) is 11.1 Å².